The zero-order chi connectivity index (χ0) is 13.2. The molecule has 1 aliphatic carbocycles. The van der Waals surface area contributed by atoms with Crippen molar-refractivity contribution in [3.8, 4) is 11.3 Å². The highest BCUT2D eigenvalue weighted by Crippen LogP contribution is 2.38. The Bertz CT molecular complexity index is 586. The lowest BCUT2D eigenvalue weighted by atomic mass is 9.98. The first-order valence-corrected chi connectivity index (χ1v) is 6.40. The van der Waals surface area contributed by atoms with Crippen molar-refractivity contribution >= 4 is 5.97 Å². The minimum Gasteiger partial charge on any atom is -0.477 e. The fraction of sp³-hybridized carbons (Fsp3) is 0.357. The molecule has 0 atom stereocenters. The Morgan fingerprint density at radius 2 is 2.16 bits per heavy atom. The molecule has 0 aliphatic heterocycles. The van der Waals surface area contributed by atoms with Crippen molar-refractivity contribution in [2.45, 2.75) is 31.6 Å². The Hall–Kier alpha value is -2.17. The lowest BCUT2D eigenvalue weighted by Crippen LogP contribution is -2.04. The van der Waals surface area contributed by atoms with Crippen molar-refractivity contribution in [3.63, 3.8) is 0 Å². The number of carboxylic acid groups (broad SMARTS) is 1. The molecule has 0 saturated heterocycles. The lowest BCUT2D eigenvalue weighted by molar-refractivity contribution is 0.0694. The highest BCUT2D eigenvalue weighted by molar-refractivity contribution is 5.95. The van der Waals surface area contributed by atoms with E-state index in [1.54, 1.807) is 24.5 Å². The molecule has 98 valence electrons. The third-order valence-electron chi connectivity index (χ3n) is 3.59. The minimum absolute atomic E-state index is 0.184. The topological polar surface area (TPSA) is 76.2 Å². The van der Waals surface area contributed by atoms with Gasteiger partial charge in [-0.2, -0.15) is 0 Å². The molecule has 0 amide bonds. The van der Waals surface area contributed by atoms with Crippen molar-refractivity contribution < 1.29 is 14.4 Å². The molecular formula is C14H14N2O3. The molecule has 2 aromatic rings. The van der Waals surface area contributed by atoms with Gasteiger partial charge in [-0.15, -0.1) is 0 Å². The molecule has 0 bridgehead atoms. The number of hydrogen-bond acceptors (Lipinski definition) is 4. The molecule has 1 saturated carbocycles. The van der Waals surface area contributed by atoms with Crippen LogP contribution in [0.25, 0.3) is 11.3 Å². The van der Waals surface area contributed by atoms with Gasteiger partial charge in [-0.05, 0) is 25.0 Å². The van der Waals surface area contributed by atoms with Gasteiger partial charge in [0.2, 0.25) is 0 Å². The second-order valence-electron chi connectivity index (χ2n) is 4.80. The first-order chi connectivity index (χ1) is 9.27. The molecule has 0 aromatic carbocycles. The second-order valence-corrected chi connectivity index (χ2v) is 4.80. The molecule has 1 aliphatic rings. The molecule has 0 spiro atoms. The maximum atomic E-state index is 11.5. The Labute approximate surface area is 110 Å². The van der Waals surface area contributed by atoms with Crippen LogP contribution < -0.4 is 0 Å². The van der Waals surface area contributed by atoms with Crippen LogP contribution in [0.4, 0.5) is 0 Å². The van der Waals surface area contributed by atoms with Crippen LogP contribution in [0, 0.1) is 0 Å². The number of pyridine rings is 1. The standard InChI is InChI=1S/C14H14N2O3/c17-14(18)11-12(10-6-3-7-15-8-10)16-19-13(11)9-4-1-2-5-9/h3,6-9H,1-2,4-5H2,(H,17,18). The van der Waals surface area contributed by atoms with Crippen LogP contribution in [0.15, 0.2) is 29.0 Å². The average Bonchev–Trinajstić information content (AvgIpc) is 3.08. The average molecular weight is 258 g/mol. The van der Waals surface area contributed by atoms with E-state index in [2.05, 4.69) is 10.1 Å². The first-order valence-electron chi connectivity index (χ1n) is 6.40. The Morgan fingerprint density at radius 1 is 1.37 bits per heavy atom. The van der Waals surface area contributed by atoms with Crippen molar-refractivity contribution in [1.29, 1.82) is 0 Å². The number of aromatic nitrogens is 2. The number of aromatic carboxylic acids is 1. The number of carboxylic acids is 1. The predicted molar refractivity (Wildman–Crippen MR) is 67.9 cm³/mol. The molecule has 0 radical (unpaired) electrons. The van der Waals surface area contributed by atoms with Gasteiger partial charge in [-0.25, -0.2) is 4.79 Å². The number of carbonyl (C=O) groups is 1. The van der Waals surface area contributed by atoms with Gasteiger partial charge in [-0.1, -0.05) is 18.0 Å². The minimum atomic E-state index is -0.984. The van der Waals surface area contributed by atoms with Crippen molar-refractivity contribution in [2.24, 2.45) is 0 Å². The zero-order valence-electron chi connectivity index (χ0n) is 10.4. The molecule has 5 heteroatoms. The highest BCUT2D eigenvalue weighted by atomic mass is 16.5. The van der Waals surface area contributed by atoms with Crippen LogP contribution in [0.2, 0.25) is 0 Å². The second kappa shape index (κ2) is 4.84. The van der Waals surface area contributed by atoms with Crippen LogP contribution in [0.3, 0.4) is 0 Å². The van der Waals surface area contributed by atoms with Crippen molar-refractivity contribution in [2.75, 3.05) is 0 Å². The molecule has 3 rings (SSSR count). The van der Waals surface area contributed by atoms with E-state index in [9.17, 15) is 9.90 Å². The molecule has 0 unspecified atom stereocenters. The molecule has 5 nitrogen and oxygen atoms in total. The van der Waals surface area contributed by atoms with E-state index in [-0.39, 0.29) is 11.5 Å². The third kappa shape index (κ3) is 2.12. The van der Waals surface area contributed by atoms with Crippen molar-refractivity contribution in [1.82, 2.24) is 10.1 Å². The van der Waals surface area contributed by atoms with E-state index in [1.807, 2.05) is 0 Å². The fourth-order valence-corrected chi connectivity index (χ4v) is 2.68. The zero-order valence-corrected chi connectivity index (χ0v) is 10.4. The van der Waals surface area contributed by atoms with Gasteiger partial charge in [0.05, 0.1) is 0 Å². The fourth-order valence-electron chi connectivity index (χ4n) is 2.68. The molecule has 19 heavy (non-hydrogen) atoms. The van der Waals surface area contributed by atoms with Gasteiger partial charge in [-0.3, -0.25) is 4.98 Å². The van der Waals surface area contributed by atoms with E-state index in [0.29, 0.717) is 17.0 Å². The Morgan fingerprint density at radius 3 is 2.79 bits per heavy atom. The SMILES string of the molecule is O=C(O)c1c(-c2cccnc2)noc1C1CCCC1. The summed E-state index contributed by atoms with van der Waals surface area (Å²) in [6, 6.07) is 3.54. The highest BCUT2D eigenvalue weighted by Gasteiger charge is 2.30. The summed E-state index contributed by atoms with van der Waals surface area (Å²) in [5.41, 5.74) is 1.25. The van der Waals surface area contributed by atoms with Crippen LogP contribution in [-0.4, -0.2) is 21.2 Å². The van der Waals surface area contributed by atoms with E-state index in [0.717, 1.165) is 25.7 Å². The van der Waals surface area contributed by atoms with Crippen LogP contribution >= 0.6 is 0 Å². The van der Waals surface area contributed by atoms with Gasteiger partial charge in [0.15, 0.2) is 5.76 Å². The smallest absolute Gasteiger partial charge is 0.341 e. The summed E-state index contributed by atoms with van der Waals surface area (Å²) in [6.45, 7) is 0. The normalized spacial score (nSPS) is 15.8. The Balaban J connectivity index is 2.08. The van der Waals surface area contributed by atoms with Gasteiger partial charge in [0.25, 0.3) is 0 Å². The Kier molecular flexibility index (Phi) is 3.03. The number of hydrogen-bond donors (Lipinski definition) is 1. The molecular weight excluding hydrogens is 244 g/mol. The van der Waals surface area contributed by atoms with Crippen LogP contribution in [-0.2, 0) is 0 Å². The predicted octanol–water partition coefficient (Wildman–Crippen LogP) is 3.09. The molecule has 1 fully saturated rings. The quantitative estimate of drug-likeness (QED) is 0.915. The first kappa shape index (κ1) is 11.9. The van der Waals surface area contributed by atoms with Crippen LogP contribution in [0.1, 0.15) is 47.7 Å². The van der Waals surface area contributed by atoms with E-state index in [4.69, 9.17) is 4.52 Å². The van der Waals surface area contributed by atoms with Gasteiger partial charge in [0, 0.05) is 23.9 Å². The molecule has 2 aromatic heterocycles. The molecule has 1 N–H and O–H groups in total. The van der Waals surface area contributed by atoms with Crippen molar-refractivity contribution in [3.05, 3.63) is 35.9 Å². The van der Waals surface area contributed by atoms with E-state index >= 15 is 0 Å². The summed E-state index contributed by atoms with van der Waals surface area (Å²) in [5, 5.41) is 13.4. The maximum Gasteiger partial charge on any atom is 0.341 e. The number of rotatable bonds is 3. The van der Waals surface area contributed by atoms with E-state index in [1.165, 1.54) is 0 Å². The number of nitrogens with zero attached hydrogens (tertiary/aromatic N) is 2. The summed E-state index contributed by atoms with van der Waals surface area (Å²) in [7, 11) is 0. The summed E-state index contributed by atoms with van der Waals surface area (Å²) in [5.74, 6) is -0.283. The lowest BCUT2D eigenvalue weighted by Gasteiger charge is -2.05. The summed E-state index contributed by atoms with van der Waals surface area (Å²) in [4.78, 5) is 15.5. The summed E-state index contributed by atoms with van der Waals surface area (Å²) in [6.07, 6.45) is 7.42. The van der Waals surface area contributed by atoms with Crippen LogP contribution in [0.5, 0.6) is 0 Å². The van der Waals surface area contributed by atoms with E-state index < -0.39 is 5.97 Å². The third-order valence-corrected chi connectivity index (χ3v) is 3.59. The maximum absolute atomic E-state index is 11.5. The van der Waals surface area contributed by atoms with Gasteiger partial charge >= 0.3 is 5.97 Å². The molecule has 2 heterocycles. The largest absolute Gasteiger partial charge is 0.477 e. The summed E-state index contributed by atoms with van der Waals surface area (Å²) < 4.78 is 5.34. The van der Waals surface area contributed by atoms with Gasteiger partial charge < -0.3 is 9.63 Å². The summed E-state index contributed by atoms with van der Waals surface area (Å²) >= 11 is 0. The monoisotopic (exact) mass is 258 g/mol. The van der Waals surface area contributed by atoms with Gasteiger partial charge in [0.1, 0.15) is 11.3 Å².